The lowest BCUT2D eigenvalue weighted by Gasteiger charge is -1.90. The number of fused-ring (bicyclic) bond motifs is 1. The van der Waals surface area contributed by atoms with E-state index >= 15 is 0 Å². The van der Waals surface area contributed by atoms with Crippen LogP contribution in [0.5, 0.6) is 0 Å². The molecule has 0 saturated heterocycles. The summed E-state index contributed by atoms with van der Waals surface area (Å²) in [6.07, 6.45) is 3.69. The fourth-order valence-electron chi connectivity index (χ4n) is 1.17. The Morgan fingerprint density at radius 3 is 3.15 bits per heavy atom. The van der Waals surface area contributed by atoms with Crippen LogP contribution in [0.2, 0.25) is 0 Å². The Morgan fingerprint density at radius 2 is 2.46 bits per heavy atom. The second-order valence-electron chi connectivity index (χ2n) is 2.67. The van der Waals surface area contributed by atoms with Crippen LogP contribution in [-0.2, 0) is 0 Å². The fraction of sp³-hybridized carbons (Fsp3) is 0.111. The van der Waals surface area contributed by atoms with E-state index < -0.39 is 0 Å². The Balaban J connectivity index is 2.65. The van der Waals surface area contributed by atoms with Gasteiger partial charge < -0.3 is 9.72 Å². The first-order chi connectivity index (χ1) is 6.33. The van der Waals surface area contributed by atoms with Crippen LogP contribution in [0.3, 0.4) is 0 Å². The van der Waals surface area contributed by atoms with E-state index in [4.69, 9.17) is 5.26 Å². The predicted octanol–water partition coefficient (Wildman–Crippen LogP) is 1.25. The van der Waals surface area contributed by atoms with Gasteiger partial charge in [-0.15, -0.1) is 0 Å². The normalized spacial score (nSPS) is 9.85. The molecule has 0 fully saturated rings. The van der Waals surface area contributed by atoms with Gasteiger partial charge in [0.15, 0.2) is 0 Å². The quantitative estimate of drug-likeness (QED) is 0.704. The Labute approximate surface area is 75.4 Å². The third-order valence-electron chi connectivity index (χ3n) is 1.85. The minimum Gasteiger partial charge on any atom is -0.372 e. The van der Waals surface area contributed by atoms with E-state index in [-0.39, 0.29) is 0 Å². The Morgan fingerprint density at radius 1 is 1.62 bits per heavy atom. The van der Waals surface area contributed by atoms with E-state index in [1.54, 1.807) is 12.1 Å². The Bertz CT molecular complexity index is 478. The number of hydrogen-bond acceptors (Lipinski definition) is 3. The topological polar surface area (TPSA) is 53.1 Å². The molecule has 0 unspecified atom stereocenters. The zero-order valence-corrected chi connectivity index (χ0v) is 7.15. The van der Waals surface area contributed by atoms with Gasteiger partial charge in [0.25, 0.3) is 0 Å². The van der Waals surface area contributed by atoms with Gasteiger partial charge in [0.2, 0.25) is 0 Å². The molecule has 13 heavy (non-hydrogen) atoms. The molecule has 2 aromatic rings. The van der Waals surface area contributed by atoms with Gasteiger partial charge in [-0.1, -0.05) is 0 Å². The first-order valence-electron chi connectivity index (χ1n) is 3.90. The van der Waals surface area contributed by atoms with E-state index in [1.807, 2.05) is 23.8 Å². The van der Waals surface area contributed by atoms with Gasteiger partial charge >= 0.3 is 0 Å². The third-order valence-corrected chi connectivity index (χ3v) is 1.85. The SMILES string of the molecule is CNc1cn2ccc(C#N)cc2n1. The summed E-state index contributed by atoms with van der Waals surface area (Å²) in [7, 11) is 1.81. The highest BCUT2D eigenvalue weighted by molar-refractivity contribution is 5.52. The lowest BCUT2D eigenvalue weighted by atomic mass is 10.3. The van der Waals surface area contributed by atoms with Crippen LogP contribution in [0.4, 0.5) is 5.82 Å². The molecule has 4 heteroatoms. The summed E-state index contributed by atoms with van der Waals surface area (Å²) in [5.74, 6) is 0.801. The molecule has 64 valence electrons. The van der Waals surface area contributed by atoms with Crippen molar-refractivity contribution in [2.24, 2.45) is 0 Å². The lowest BCUT2D eigenvalue weighted by Crippen LogP contribution is -1.85. The maximum atomic E-state index is 8.66. The minimum atomic E-state index is 0.626. The van der Waals surface area contributed by atoms with E-state index in [9.17, 15) is 0 Å². The van der Waals surface area contributed by atoms with Crippen molar-refractivity contribution in [2.75, 3.05) is 12.4 Å². The largest absolute Gasteiger partial charge is 0.372 e. The molecule has 0 radical (unpaired) electrons. The molecule has 0 spiro atoms. The van der Waals surface area contributed by atoms with Crippen LogP contribution >= 0.6 is 0 Å². The molecule has 0 aliphatic heterocycles. The van der Waals surface area contributed by atoms with Crippen molar-refractivity contribution < 1.29 is 0 Å². The number of nitrogens with one attached hydrogen (secondary N) is 1. The second-order valence-corrected chi connectivity index (χ2v) is 2.67. The van der Waals surface area contributed by atoms with Gasteiger partial charge in [0.1, 0.15) is 11.5 Å². The monoisotopic (exact) mass is 172 g/mol. The van der Waals surface area contributed by atoms with Crippen LogP contribution in [-0.4, -0.2) is 16.4 Å². The third kappa shape index (κ3) is 1.20. The fourth-order valence-corrected chi connectivity index (χ4v) is 1.17. The van der Waals surface area contributed by atoms with E-state index in [1.165, 1.54) is 0 Å². The number of nitriles is 1. The molecule has 2 aromatic heterocycles. The highest BCUT2D eigenvalue weighted by Gasteiger charge is 1.99. The zero-order chi connectivity index (χ0) is 9.26. The summed E-state index contributed by atoms with van der Waals surface area (Å²) in [4.78, 5) is 4.24. The number of anilines is 1. The number of nitrogens with zero attached hydrogens (tertiary/aromatic N) is 3. The van der Waals surface area contributed by atoms with E-state index in [0.29, 0.717) is 5.56 Å². The summed E-state index contributed by atoms with van der Waals surface area (Å²) in [5, 5.41) is 11.6. The average Bonchev–Trinajstić information content (AvgIpc) is 2.58. The van der Waals surface area contributed by atoms with Crippen molar-refractivity contribution >= 4 is 11.5 Å². The summed E-state index contributed by atoms with van der Waals surface area (Å²) in [5.41, 5.74) is 1.41. The number of pyridine rings is 1. The van der Waals surface area contributed by atoms with E-state index in [2.05, 4.69) is 16.4 Å². The summed E-state index contributed by atoms with van der Waals surface area (Å²) < 4.78 is 1.87. The smallest absolute Gasteiger partial charge is 0.145 e. The molecule has 2 rings (SSSR count). The molecule has 2 heterocycles. The van der Waals surface area contributed by atoms with Crippen LogP contribution in [0.25, 0.3) is 5.65 Å². The predicted molar refractivity (Wildman–Crippen MR) is 49.5 cm³/mol. The highest BCUT2D eigenvalue weighted by atomic mass is 15.1. The van der Waals surface area contributed by atoms with Gasteiger partial charge in [-0.25, -0.2) is 4.98 Å². The maximum absolute atomic E-state index is 8.66. The molecule has 1 N–H and O–H groups in total. The van der Waals surface area contributed by atoms with Gasteiger partial charge in [0.05, 0.1) is 17.8 Å². The summed E-state index contributed by atoms with van der Waals surface area (Å²) >= 11 is 0. The summed E-state index contributed by atoms with van der Waals surface area (Å²) in [6, 6.07) is 5.58. The van der Waals surface area contributed by atoms with Crippen molar-refractivity contribution in [3.8, 4) is 6.07 Å². The molecular weight excluding hydrogens is 164 g/mol. The average molecular weight is 172 g/mol. The van der Waals surface area contributed by atoms with Crippen molar-refractivity contribution in [2.45, 2.75) is 0 Å². The number of rotatable bonds is 1. The second kappa shape index (κ2) is 2.79. The Hall–Kier alpha value is -2.02. The van der Waals surface area contributed by atoms with Crippen molar-refractivity contribution in [1.29, 1.82) is 5.26 Å². The minimum absolute atomic E-state index is 0.626. The highest BCUT2D eigenvalue weighted by Crippen LogP contribution is 2.10. The lowest BCUT2D eigenvalue weighted by molar-refractivity contribution is 1.18. The molecule has 0 bridgehead atoms. The van der Waals surface area contributed by atoms with Crippen LogP contribution in [0, 0.1) is 11.3 Å². The maximum Gasteiger partial charge on any atom is 0.145 e. The number of hydrogen-bond donors (Lipinski definition) is 1. The van der Waals surface area contributed by atoms with Gasteiger partial charge in [-0.3, -0.25) is 0 Å². The van der Waals surface area contributed by atoms with Crippen molar-refractivity contribution in [1.82, 2.24) is 9.38 Å². The van der Waals surface area contributed by atoms with E-state index in [0.717, 1.165) is 11.5 Å². The first-order valence-corrected chi connectivity index (χ1v) is 3.90. The molecule has 0 aromatic carbocycles. The van der Waals surface area contributed by atoms with Crippen molar-refractivity contribution in [3.05, 3.63) is 30.1 Å². The molecule has 4 nitrogen and oxygen atoms in total. The number of aromatic nitrogens is 2. The summed E-state index contributed by atoms with van der Waals surface area (Å²) in [6.45, 7) is 0. The molecular formula is C9H8N4. The van der Waals surface area contributed by atoms with Gasteiger partial charge in [-0.2, -0.15) is 5.26 Å². The standard InChI is InChI=1S/C9H8N4/c1-11-8-6-13-3-2-7(5-10)4-9(13)12-8/h2-4,6,11H,1H3. The number of imidazole rings is 1. The van der Waals surface area contributed by atoms with Gasteiger partial charge in [0, 0.05) is 13.2 Å². The Kier molecular flexibility index (Phi) is 1.64. The zero-order valence-electron chi connectivity index (χ0n) is 7.15. The molecule has 0 amide bonds. The van der Waals surface area contributed by atoms with Crippen LogP contribution in [0.15, 0.2) is 24.5 Å². The molecule has 0 aliphatic rings. The van der Waals surface area contributed by atoms with Crippen molar-refractivity contribution in [3.63, 3.8) is 0 Å². The molecule has 0 saturated carbocycles. The molecule has 0 atom stereocenters. The molecule has 0 aliphatic carbocycles. The van der Waals surface area contributed by atoms with Gasteiger partial charge in [-0.05, 0) is 12.1 Å². The first kappa shape index (κ1) is 7.62. The van der Waals surface area contributed by atoms with Crippen LogP contribution < -0.4 is 5.32 Å². The van der Waals surface area contributed by atoms with Crippen LogP contribution in [0.1, 0.15) is 5.56 Å².